The molecule has 4 nitrogen and oxygen atoms in total. The van der Waals surface area contributed by atoms with E-state index in [2.05, 4.69) is 34.1 Å². The highest BCUT2D eigenvalue weighted by atomic mass is 15.1. The SMILES string of the molecule is CCc1nccn1C1CCC(C#N)(NC2CC2)C1. The minimum absolute atomic E-state index is 0.291. The third-order valence-electron chi connectivity index (χ3n) is 4.22. The van der Waals surface area contributed by atoms with Crippen LogP contribution in [0.1, 0.15) is 50.9 Å². The van der Waals surface area contributed by atoms with Gasteiger partial charge in [-0.1, -0.05) is 6.92 Å². The van der Waals surface area contributed by atoms with E-state index in [0.29, 0.717) is 12.1 Å². The van der Waals surface area contributed by atoms with E-state index in [-0.39, 0.29) is 5.54 Å². The number of hydrogen-bond donors (Lipinski definition) is 1. The van der Waals surface area contributed by atoms with Crippen molar-refractivity contribution >= 4 is 0 Å². The Morgan fingerprint density at radius 3 is 3.06 bits per heavy atom. The van der Waals surface area contributed by atoms with Crippen molar-refractivity contribution in [1.29, 1.82) is 5.26 Å². The van der Waals surface area contributed by atoms with Gasteiger partial charge in [0.2, 0.25) is 0 Å². The molecule has 0 saturated heterocycles. The molecule has 0 radical (unpaired) electrons. The summed E-state index contributed by atoms with van der Waals surface area (Å²) in [6, 6.07) is 3.57. The highest BCUT2D eigenvalue weighted by Gasteiger charge is 2.43. The molecule has 4 heteroatoms. The van der Waals surface area contributed by atoms with Gasteiger partial charge < -0.3 is 4.57 Å². The fourth-order valence-corrected chi connectivity index (χ4v) is 3.09. The van der Waals surface area contributed by atoms with Crippen LogP contribution in [-0.4, -0.2) is 21.1 Å². The lowest BCUT2D eigenvalue weighted by Crippen LogP contribution is -2.43. The minimum atomic E-state index is -0.291. The van der Waals surface area contributed by atoms with Crippen LogP contribution >= 0.6 is 0 Å². The molecule has 1 aromatic heterocycles. The third-order valence-corrected chi connectivity index (χ3v) is 4.22. The Kier molecular flexibility index (Phi) is 2.87. The van der Waals surface area contributed by atoms with Crippen molar-refractivity contribution in [2.24, 2.45) is 0 Å². The number of aromatic nitrogens is 2. The Labute approximate surface area is 108 Å². The van der Waals surface area contributed by atoms with E-state index in [0.717, 1.165) is 31.5 Å². The van der Waals surface area contributed by atoms with Crippen molar-refractivity contribution in [3.63, 3.8) is 0 Å². The Balaban J connectivity index is 1.75. The van der Waals surface area contributed by atoms with Gasteiger partial charge in [-0.3, -0.25) is 5.32 Å². The van der Waals surface area contributed by atoms with E-state index in [4.69, 9.17) is 0 Å². The van der Waals surface area contributed by atoms with Gasteiger partial charge in [-0.15, -0.1) is 0 Å². The first-order chi connectivity index (χ1) is 8.76. The number of imidazole rings is 1. The van der Waals surface area contributed by atoms with Crippen LogP contribution in [0, 0.1) is 11.3 Å². The average Bonchev–Trinajstić information content (AvgIpc) is 2.93. The Morgan fingerprint density at radius 2 is 2.39 bits per heavy atom. The van der Waals surface area contributed by atoms with Crippen LogP contribution in [0.25, 0.3) is 0 Å². The first-order valence-corrected chi connectivity index (χ1v) is 6.97. The lowest BCUT2D eigenvalue weighted by atomic mass is 9.99. The summed E-state index contributed by atoms with van der Waals surface area (Å²) in [4.78, 5) is 4.39. The van der Waals surface area contributed by atoms with Crippen LogP contribution in [0.5, 0.6) is 0 Å². The molecule has 0 amide bonds. The Morgan fingerprint density at radius 1 is 1.56 bits per heavy atom. The quantitative estimate of drug-likeness (QED) is 0.883. The lowest BCUT2D eigenvalue weighted by molar-refractivity contribution is 0.393. The van der Waals surface area contributed by atoms with Crippen LogP contribution in [0.15, 0.2) is 12.4 Å². The maximum absolute atomic E-state index is 9.50. The van der Waals surface area contributed by atoms with Crippen molar-refractivity contribution < 1.29 is 0 Å². The van der Waals surface area contributed by atoms with Crippen LogP contribution < -0.4 is 5.32 Å². The molecule has 2 saturated carbocycles. The Bertz CT molecular complexity index is 468. The standard InChI is InChI=1S/C14H20N4/c1-2-13-16-7-8-18(13)12-5-6-14(9-12,10-15)17-11-3-4-11/h7-8,11-12,17H,2-6,9H2,1H3. The second-order valence-corrected chi connectivity index (χ2v) is 5.61. The molecule has 0 aliphatic heterocycles. The van der Waals surface area contributed by atoms with E-state index in [9.17, 15) is 5.26 Å². The third kappa shape index (κ3) is 2.04. The monoisotopic (exact) mass is 244 g/mol. The molecule has 0 bridgehead atoms. The van der Waals surface area contributed by atoms with Gasteiger partial charge in [0, 0.05) is 30.9 Å². The first-order valence-electron chi connectivity index (χ1n) is 6.97. The summed E-state index contributed by atoms with van der Waals surface area (Å²) in [7, 11) is 0. The molecule has 0 aromatic carbocycles. The number of hydrogen-bond acceptors (Lipinski definition) is 3. The molecule has 0 spiro atoms. The number of nitrogens with one attached hydrogen (secondary N) is 1. The summed E-state index contributed by atoms with van der Waals surface area (Å²) in [6.07, 6.45) is 10.3. The predicted octanol–water partition coefficient (Wildman–Crippen LogP) is 2.18. The largest absolute Gasteiger partial charge is 0.332 e. The molecule has 96 valence electrons. The molecular weight excluding hydrogens is 224 g/mol. The molecule has 2 fully saturated rings. The zero-order chi connectivity index (χ0) is 12.6. The molecule has 3 rings (SSSR count). The Hall–Kier alpha value is -1.34. The molecule has 1 heterocycles. The van der Waals surface area contributed by atoms with Gasteiger partial charge in [0.15, 0.2) is 0 Å². The smallest absolute Gasteiger partial charge is 0.109 e. The summed E-state index contributed by atoms with van der Waals surface area (Å²) >= 11 is 0. The number of nitrogens with zero attached hydrogens (tertiary/aromatic N) is 3. The summed E-state index contributed by atoms with van der Waals surface area (Å²) in [5.41, 5.74) is -0.291. The molecule has 2 unspecified atom stereocenters. The maximum atomic E-state index is 9.50. The van der Waals surface area contributed by atoms with Gasteiger partial charge >= 0.3 is 0 Å². The van der Waals surface area contributed by atoms with E-state index < -0.39 is 0 Å². The first kappa shape index (κ1) is 11.7. The second kappa shape index (κ2) is 4.40. The summed E-state index contributed by atoms with van der Waals surface area (Å²) < 4.78 is 2.27. The van der Waals surface area contributed by atoms with Gasteiger partial charge in [0.1, 0.15) is 11.4 Å². The van der Waals surface area contributed by atoms with Crippen molar-refractivity contribution in [2.75, 3.05) is 0 Å². The van der Waals surface area contributed by atoms with Gasteiger partial charge in [-0.05, 0) is 32.1 Å². The van der Waals surface area contributed by atoms with Crippen molar-refractivity contribution in [3.05, 3.63) is 18.2 Å². The average molecular weight is 244 g/mol. The summed E-state index contributed by atoms with van der Waals surface area (Å²) in [5.74, 6) is 1.14. The topological polar surface area (TPSA) is 53.6 Å². The molecule has 2 aliphatic carbocycles. The molecule has 2 atom stereocenters. The number of aryl methyl sites for hydroxylation is 1. The van der Waals surface area contributed by atoms with E-state index in [1.54, 1.807) is 0 Å². The van der Waals surface area contributed by atoms with Crippen molar-refractivity contribution in [1.82, 2.24) is 14.9 Å². The molecule has 2 aliphatic rings. The second-order valence-electron chi connectivity index (χ2n) is 5.61. The predicted molar refractivity (Wildman–Crippen MR) is 69.0 cm³/mol. The highest BCUT2D eigenvalue weighted by molar-refractivity contribution is 5.15. The maximum Gasteiger partial charge on any atom is 0.109 e. The lowest BCUT2D eigenvalue weighted by Gasteiger charge is -2.23. The van der Waals surface area contributed by atoms with Crippen LogP contribution in [0.2, 0.25) is 0 Å². The highest BCUT2D eigenvalue weighted by Crippen LogP contribution is 2.40. The summed E-state index contributed by atoms with van der Waals surface area (Å²) in [5, 5.41) is 13.0. The zero-order valence-corrected chi connectivity index (χ0v) is 10.9. The number of rotatable bonds is 4. The zero-order valence-electron chi connectivity index (χ0n) is 10.9. The minimum Gasteiger partial charge on any atom is -0.332 e. The van der Waals surface area contributed by atoms with E-state index >= 15 is 0 Å². The molecular formula is C14H20N4. The summed E-state index contributed by atoms with van der Waals surface area (Å²) in [6.45, 7) is 2.13. The van der Waals surface area contributed by atoms with E-state index in [1.165, 1.54) is 12.8 Å². The normalized spacial score (nSPS) is 31.4. The van der Waals surface area contributed by atoms with Crippen LogP contribution in [-0.2, 0) is 6.42 Å². The van der Waals surface area contributed by atoms with E-state index in [1.807, 2.05) is 6.20 Å². The molecule has 18 heavy (non-hydrogen) atoms. The number of nitriles is 1. The molecule has 1 aromatic rings. The fraction of sp³-hybridized carbons (Fsp3) is 0.714. The van der Waals surface area contributed by atoms with Crippen molar-refractivity contribution in [2.45, 2.75) is 63.1 Å². The van der Waals surface area contributed by atoms with Gasteiger partial charge in [0.05, 0.1) is 6.07 Å². The van der Waals surface area contributed by atoms with Crippen molar-refractivity contribution in [3.8, 4) is 6.07 Å². The van der Waals surface area contributed by atoms with Crippen LogP contribution in [0.4, 0.5) is 0 Å². The fourth-order valence-electron chi connectivity index (χ4n) is 3.09. The van der Waals surface area contributed by atoms with Gasteiger partial charge in [-0.25, -0.2) is 4.98 Å². The van der Waals surface area contributed by atoms with Crippen LogP contribution in [0.3, 0.4) is 0 Å². The van der Waals surface area contributed by atoms with Gasteiger partial charge in [0.25, 0.3) is 0 Å². The van der Waals surface area contributed by atoms with Gasteiger partial charge in [-0.2, -0.15) is 5.26 Å². The molecule has 1 N–H and O–H groups in total.